The molecule has 4 rings (SSSR count). The first-order valence-corrected chi connectivity index (χ1v) is 8.41. The molecule has 2 aliphatic heterocycles. The SMILES string of the molecule is Fc1cccc(F)c1OC(c1cccc2c1OCC2)[C@@H]1CNCCO1. The second-order valence-electron chi connectivity index (χ2n) is 6.14. The molecular weight excluding hydrogens is 328 g/mol. The van der Waals surface area contributed by atoms with Crippen LogP contribution in [0.15, 0.2) is 36.4 Å². The fraction of sp³-hybridized carbons (Fsp3) is 0.368. The predicted molar refractivity (Wildman–Crippen MR) is 88.0 cm³/mol. The molecule has 0 aliphatic carbocycles. The zero-order valence-electron chi connectivity index (χ0n) is 13.6. The van der Waals surface area contributed by atoms with Gasteiger partial charge < -0.3 is 19.5 Å². The van der Waals surface area contributed by atoms with Crippen LogP contribution >= 0.6 is 0 Å². The Morgan fingerprint density at radius 3 is 2.64 bits per heavy atom. The third kappa shape index (κ3) is 3.19. The van der Waals surface area contributed by atoms with E-state index in [1.54, 1.807) is 0 Å². The van der Waals surface area contributed by atoms with Crippen molar-refractivity contribution in [3.8, 4) is 11.5 Å². The molecule has 0 aromatic heterocycles. The van der Waals surface area contributed by atoms with Crippen molar-refractivity contribution in [1.29, 1.82) is 0 Å². The molecule has 1 saturated heterocycles. The van der Waals surface area contributed by atoms with E-state index in [9.17, 15) is 8.78 Å². The minimum Gasteiger partial charge on any atom is -0.493 e. The molecule has 0 amide bonds. The summed E-state index contributed by atoms with van der Waals surface area (Å²) in [5, 5.41) is 3.23. The van der Waals surface area contributed by atoms with Crippen molar-refractivity contribution in [2.45, 2.75) is 18.6 Å². The van der Waals surface area contributed by atoms with Gasteiger partial charge in [0.05, 0.1) is 13.2 Å². The fourth-order valence-electron chi connectivity index (χ4n) is 3.31. The average Bonchev–Trinajstić information content (AvgIpc) is 3.11. The fourth-order valence-corrected chi connectivity index (χ4v) is 3.31. The highest BCUT2D eigenvalue weighted by Crippen LogP contribution is 2.39. The van der Waals surface area contributed by atoms with Crippen LogP contribution in [0.25, 0.3) is 0 Å². The number of nitrogens with one attached hydrogen (secondary N) is 1. The first-order chi connectivity index (χ1) is 12.2. The summed E-state index contributed by atoms with van der Waals surface area (Å²) in [4.78, 5) is 0. The molecule has 132 valence electrons. The second kappa shape index (κ2) is 6.98. The molecule has 2 atom stereocenters. The first kappa shape index (κ1) is 16.3. The Morgan fingerprint density at radius 2 is 1.88 bits per heavy atom. The third-order valence-corrected chi connectivity index (χ3v) is 4.51. The molecule has 2 aliphatic rings. The topological polar surface area (TPSA) is 39.7 Å². The number of rotatable bonds is 4. The maximum absolute atomic E-state index is 14.1. The van der Waals surface area contributed by atoms with Gasteiger partial charge in [0, 0.05) is 25.1 Å². The summed E-state index contributed by atoms with van der Waals surface area (Å²) in [6.45, 7) is 2.38. The summed E-state index contributed by atoms with van der Waals surface area (Å²) in [5.74, 6) is -1.12. The molecule has 2 aromatic rings. The van der Waals surface area contributed by atoms with Gasteiger partial charge in [0.1, 0.15) is 11.9 Å². The number of para-hydroxylation sites is 2. The van der Waals surface area contributed by atoms with Crippen LogP contribution in [0.3, 0.4) is 0 Å². The van der Waals surface area contributed by atoms with Crippen molar-refractivity contribution in [2.24, 2.45) is 0 Å². The zero-order valence-corrected chi connectivity index (χ0v) is 13.6. The lowest BCUT2D eigenvalue weighted by Crippen LogP contribution is -2.43. The number of ether oxygens (including phenoxy) is 3. The van der Waals surface area contributed by atoms with Gasteiger partial charge in [-0.25, -0.2) is 8.78 Å². The molecule has 0 spiro atoms. The lowest BCUT2D eigenvalue weighted by Gasteiger charge is -2.32. The highest BCUT2D eigenvalue weighted by atomic mass is 19.1. The highest BCUT2D eigenvalue weighted by molar-refractivity contribution is 5.46. The van der Waals surface area contributed by atoms with E-state index in [-0.39, 0.29) is 6.10 Å². The van der Waals surface area contributed by atoms with Gasteiger partial charge in [0.15, 0.2) is 23.5 Å². The largest absolute Gasteiger partial charge is 0.493 e. The summed E-state index contributed by atoms with van der Waals surface area (Å²) in [6.07, 6.45) is -0.232. The van der Waals surface area contributed by atoms with E-state index < -0.39 is 23.5 Å². The lowest BCUT2D eigenvalue weighted by molar-refractivity contribution is -0.0459. The van der Waals surface area contributed by atoms with E-state index in [1.807, 2.05) is 18.2 Å². The van der Waals surface area contributed by atoms with Gasteiger partial charge in [-0.15, -0.1) is 0 Å². The molecule has 25 heavy (non-hydrogen) atoms. The van der Waals surface area contributed by atoms with E-state index in [2.05, 4.69) is 5.32 Å². The normalized spacial score (nSPS) is 20.6. The van der Waals surface area contributed by atoms with Crippen molar-refractivity contribution in [2.75, 3.05) is 26.3 Å². The van der Waals surface area contributed by atoms with Gasteiger partial charge in [-0.3, -0.25) is 0 Å². The monoisotopic (exact) mass is 347 g/mol. The summed E-state index contributed by atoms with van der Waals surface area (Å²) in [7, 11) is 0. The van der Waals surface area contributed by atoms with Crippen LogP contribution in [0.4, 0.5) is 8.78 Å². The molecule has 1 N–H and O–H groups in total. The van der Waals surface area contributed by atoms with Crippen molar-refractivity contribution in [3.63, 3.8) is 0 Å². The predicted octanol–water partition coefficient (Wildman–Crippen LogP) is 3.01. The maximum Gasteiger partial charge on any atom is 0.191 e. The van der Waals surface area contributed by atoms with Crippen molar-refractivity contribution in [3.05, 3.63) is 59.2 Å². The Labute approximate surface area is 144 Å². The Hall–Kier alpha value is -2.18. The van der Waals surface area contributed by atoms with Crippen LogP contribution in [-0.2, 0) is 11.2 Å². The van der Waals surface area contributed by atoms with E-state index in [0.29, 0.717) is 19.8 Å². The number of morpholine rings is 1. The van der Waals surface area contributed by atoms with Crippen molar-refractivity contribution in [1.82, 2.24) is 5.32 Å². The number of hydrogen-bond acceptors (Lipinski definition) is 4. The standard InChI is InChI=1S/C19H19F2NO3/c20-14-5-2-6-15(21)19(14)25-18(16-11-22-8-10-23-16)13-4-1-3-12-7-9-24-17(12)13/h1-6,16,18,22H,7-11H2/t16-,18?/m0/s1. The molecule has 0 radical (unpaired) electrons. The Bertz CT molecular complexity index is 742. The van der Waals surface area contributed by atoms with E-state index in [1.165, 1.54) is 18.2 Å². The quantitative estimate of drug-likeness (QED) is 0.923. The summed E-state index contributed by atoms with van der Waals surface area (Å²) >= 11 is 0. The molecule has 4 nitrogen and oxygen atoms in total. The molecule has 0 saturated carbocycles. The van der Waals surface area contributed by atoms with Crippen LogP contribution in [0.1, 0.15) is 17.2 Å². The summed E-state index contributed by atoms with van der Waals surface area (Å²) in [5.41, 5.74) is 1.83. The highest BCUT2D eigenvalue weighted by Gasteiger charge is 2.33. The molecule has 2 aromatic carbocycles. The van der Waals surface area contributed by atoms with Gasteiger partial charge in [0.25, 0.3) is 0 Å². The Balaban J connectivity index is 1.73. The van der Waals surface area contributed by atoms with Gasteiger partial charge in [0.2, 0.25) is 0 Å². The van der Waals surface area contributed by atoms with Gasteiger partial charge in [-0.1, -0.05) is 24.3 Å². The number of fused-ring (bicyclic) bond motifs is 1. The zero-order chi connectivity index (χ0) is 17.2. The number of hydrogen-bond donors (Lipinski definition) is 1. The lowest BCUT2D eigenvalue weighted by atomic mass is 9.99. The van der Waals surface area contributed by atoms with E-state index >= 15 is 0 Å². The molecule has 1 unspecified atom stereocenters. The number of benzene rings is 2. The number of halogens is 2. The van der Waals surface area contributed by atoms with Crippen LogP contribution in [-0.4, -0.2) is 32.4 Å². The van der Waals surface area contributed by atoms with E-state index in [0.717, 1.165) is 29.8 Å². The van der Waals surface area contributed by atoms with Crippen LogP contribution in [0.5, 0.6) is 11.5 Å². The van der Waals surface area contributed by atoms with Crippen LogP contribution < -0.4 is 14.8 Å². The van der Waals surface area contributed by atoms with Gasteiger partial charge in [-0.05, 0) is 17.7 Å². The van der Waals surface area contributed by atoms with Gasteiger partial charge in [-0.2, -0.15) is 0 Å². The molecule has 6 heteroatoms. The van der Waals surface area contributed by atoms with Gasteiger partial charge >= 0.3 is 0 Å². The second-order valence-corrected chi connectivity index (χ2v) is 6.14. The molecule has 0 bridgehead atoms. The minimum absolute atomic E-state index is 0.372. The molecule has 2 heterocycles. The van der Waals surface area contributed by atoms with Crippen LogP contribution in [0, 0.1) is 11.6 Å². The Morgan fingerprint density at radius 1 is 1.08 bits per heavy atom. The summed E-state index contributed by atoms with van der Waals surface area (Å²) < 4.78 is 45.6. The van der Waals surface area contributed by atoms with E-state index in [4.69, 9.17) is 14.2 Å². The maximum atomic E-state index is 14.1. The molecule has 1 fully saturated rings. The van der Waals surface area contributed by atoms with Crippen molar-refractivity contribution < 1.29 is 23.0 Å². The third-order valence-electron chi connectivity index (χ3n) is 4.51. The average molecular weight is 347 g/mol. The Kier molecular flexibility index (Phi) is 4.55. The molecular formula is C19H19F2NO3. The summed E-state index contributed by atoms with van der Waals surface area (Å²) in [6, 6.07) is 9.45. The smallest absolute Gasteiger partial charge is 0.191 e. The van der Waals surface area contributed by atoms with Crippen LogP contribution in [0.2, 0.25) is 0 Å². The minimum atomic E-state index is -0.734. The van der Waals surface area contributed by atoms with Crippen molar-refractivity contribution >= 4 is 0 Å². The first-order valence-electron chi connectivity index (χ1n) is 8.41.